The molecule has 0 radical (unpaired) electrons. The second-order valence-electron chi connectivity index (χ2n) is 6.81. The first-order valence-electron chi connectivity index (χ1n) is 9.33. The van der Waals surface area contributed by atoms with Gasteiger partial charge < -0.3 is 13.9 Å². The first-order valence-corrected chi connectivity index (χ1v) is 10.1. The Hall–Kier alpha value is -3.28. The number of aryl methyl sites for hydroxylation is 1. The molecule has 0 aliphatic carbocycles. The summed E-state index contributed by atoms with van der Waals surface area (Å²) in [5.41, 5.74) is 1.36. The second-order valence-corrected chi connectivity index (χ2v) is 7.69. The Morgan fingerprint density at radius 1 is 0.935 bits per heavy atom. The molecule has 3 aromatic carbocycles. The summed E-state index contributed by atoms with van der Waals surface area (Å²) in [4.78, 5) is 25.6. The molecule has 0 N–H and O–H groups in total. The maximum absolute atomic E-state index is 13.2. The molecule has 5 nitrogen and oxygen atoms in total. The maximum atomic E-state index is 13.2. The van der Waals surface area contributed by atoms with Crippen LogP contribution >= 0.6 is 23.2 Å². The summed E-state index contributed by atoms with van der Waals surface area (Å²) in [5.74, 6) is -0.368. The summed E-state index contributed by atoms with van der Waals surface area (Å²) in [6.07, 6.45) is 0. The smallest absolute Gasteiger partial charge is 0.349 e. The molecule has 0 amide bonds. The van der Waals surface area contributed by atoms with Gasteiger partial charge in [-0.25, -0.2) is 4.79 Å². The zero-order valence-corrected chi connectivity index (χ0v) is 17.9. The highest BCUT2D eigenvalue weighted by molar-refractivity contribution is 6.30. The van der Waals surface area contributed by atoms with Gasteiger partial charge in [-0.1, -0.05) is 34.8 Å². The molecule has 1 heterocycles. The standard InChI is InChI=1S/C24H16Cl2O5/c1-14-2-11-20-19(12-14)22(28)24(23(30-20)15-3-5-16(25)6-4-15)31-21(27)13-29-18-9-7-17(26)8-10-18/h2-12H,13H2,1H3. The van der Waals surface area contributed by atoms with Crippen LogP contribution in [0, 0.1) is 6.92 Å². The minimum absolute atomic E-state index is 0.137. The third kappa shape index (κ3) is 4.74. The van der Waals surface area contributed by atoms with Crippen molar-refractivity contribution in [2.75, 3.05) is 6.61 Å². The van der Waals surface area contributed by atoms with Crippen LogP contribution < -0.4 is 14.9 Å². The molecule has 0 atom stereocenters. The largest absolute Gasteiger partial charge is 0.482 e. The van der Waals surface area contributed by atoms with Crippen molar-refractivity contribution in [1.29, 1.82) is 0 Å². The van der Waals surface area contributed by atoms with Crippen LogP contribution in [0.15, 0.2) is 75.9 Å². The van der Waals surface area contributed by atoms with Crippen molar-refractivity contribution in [3.63, 3.8) is 0 Å². The van der Waals surface area contributed by atoms with Gasteiger partial charge in [0.25, 0.3) is 0 Å². The van der Waals surface area contributed by atoms with Gasteiger partial charge in [-0.15, -0.1) is 0 Å². The first kappa shape index (κ1) is 21.0. The van der Waals surface area contributed by atoms with Gasteiger partial charge in [-0.2, -0.15) is 0 Å². The van der Waals surface area contributed by atoms with Crippen LogP contribution in [0.2, 0.25) is 10.0 Å². The normalized spacial score (nSPS) is 10.8. The average Bonchev–Trinajstić information content (AvgIpc) is 2.76. The number of ether oxygens (including phenoxy) is 2. The fraction of sp³-hybridized carbons (Fsp3) is 0.0833. The van der Waals surface area contributed by atoms with Crippen LogP contribution in [0.25, 0.3) is 22.3 Å². The predicted molar refractivity (Wildman–Crippen MR) is 120 cm³/mol. The minimum atomic E-state index is -0.746. The molecule has 4 rings (SSSR count). The maximum Gasteiger partial charge on any atom is 0.349 e. The number of fused-ring (bicyclic) bond motifs is 1. The summed E-state index contributed by atoms with van der Waals surface area (Å²) < 4.78 is 16.8. The SMILES string of the molecule is Cc1ccc2oc(-c3ccc(Cl)cc3)c(OC(=O)COc3ccc(Cl)cc3)c(=O)c2c1. The van der Waals surface area contributed by atoms with E-state index >= 15 is 0 Å². The van der Waals surface area contributed by atoms with Gasteiger partial charge in [-0.3, -0.25) is 4.79 Å². The van der Waals surface area contributed by atoms with Gasteiger partial charge in [-0.05, 0) is 67.6 Å². The number of rotatable bonds is 5. The predicted octanol–water partition coefficient (Wildman–Crippen LogP) is 6.06. The van der Waals surface area contributed by atoms with Crippen molar-refractivity contribution in [3.8, 4) is 22.8 Å². The van der Waals surface area contributed by atoms with E-state index in [0.29, 0.717) is 32.3 Å². The van der Waals surface area contributed by atoms with E-state index in [1.807, 2.05) is 13.0 Å². The molecule has 0 aliphatic rings. The molecular weight excluding hydrogens is 439 g/mol. The van der Waals surface area contributed by atoms with Gasteiger partial charge in [0, 0.05) is 15.6 Å². The Bertz CT molecular complexity index is 1310. The van der Waals surface area contributed by atoms with E-state index in [2.05, 4.69) is 0 Å². The molecular formula is C24H16Cl2O5. The van der Waals surface area contributed by atoms with Crippen LogP contribution in [0.4, 0.5) is 0 Å². The van der Waals surface area contributed by atoms with Gasteiger partial charge in [0.2, 0.25) is 11.2 Å². The Morgan fingerprint density at radius 3 is 2.26 bits per heavy atom. The van der Waals surface area contributed by atoms with E-state index < -0.39 is 18.0 Å². The topological polar surface area (TPSA) is 65.7 Å². The zero-order valence-electron chi connectivity index (χ0n) is 16.4. The number of hydrogen-bond acceptors (Lipinski definition) is 5. The number of esters is 1. The van der Waals surface area contributed by atoms with E-state index in [1.165, 1.54) is 0 Å². The first-order chi connectivity index (χ1) is 14.9. The Morgan fingerprint density at radius 2 is 1.58 bits per heavy atom. The van der Waals surface area contributed by atoms with E-state index in [9.17, 15) is 9.59 Å². The van der Waals surface area contributed by atoms with E-state index in [1.54, 1.807) is 60.7 Å². The van der Waals surface area contributed by atoms with Crippen LogP contribution in [0.1, 0.15) is 5.56 Å². The lowest BCUT2D eigenvalue weighted by Crippen LogP contribution is -2.21. The molecule has 0 fully saturated rings. The Balaban J connectivity index is 1.70. The molecule has 0 saturated heterocycles. The van der Waals surface area contributed by atoms with E-state index in [-0.39, 0.29) is 11.5 Å². The van der Waals surface area contributed by atoms with Crippen molar-refractivity contribution in [1.82, 2.24) is 0 Å². The lowest BCUT2D eigenvalue weighted by Gasteiger charge is -2.11. The highest BCUT2D eigenvalue weighted by Gasteiger charge is 2.21. The minimum Gasteiger partial charge on any atom is -0.482 e. The molecule has 1 aromatic heterocycles. The molecule has 0 aliphatic heterocycles. The molecule has 4 aromatic rings. The zero-order chi connectivity index (χ0) is 22.0. The quantitative estimate of drug-likeness (QED) is 0.343. The van der Waals surface area contributed by atoms with Crippen molar-refractivity contribution in [3.05, 3.63) is 92.6 Å². The molecule has 0 unspecified atom stereocenters. The summed E-state index contributed by atoms with van der Waals surface area (Å²) in [6.45, 7) is 1.46. The number of carbonyl (C=O) groups excluding carboxylic acids is 1. The van der Waals surface area contributed by atoms with E-state index in [4.69, 9.17) is 37.1 Å². The fourth-order valence-electron chi connectivity index (χ4n) is 2.99. The third-order valence-electron chi connectivity index (χ3n) is 4.50. The van der Waals surface area contributed by atoms with Gasteiger partial charge in [0.1, 0.15) is 11.3 Å². The fourth-order valence-corrected chi connectivity index (χ4v) is 3.24. The van der Waals surface area contributed by atoms with Crippen molar-refractivity contribution in [2.24, 2.45) is 0 Å². The molecule has 0 bridgehead atoms. The van der Waals surface area contributed by atoms with Crippen LogP contribution in [-0.2, 0) is 4.79 Å². The van der Waals surface area contributed by atoms with Crippen LogP contribution in [0.5, 0.6) is 11.5 Å². The number of carbonyl (C=O) groups is 1. The molecule has 156 valence electrons. The average molecular weight is 455 g/mol. The number of halogens is 2. The lowest BCUT2D eigenvalue weighted by atomic mass is 10.1. The Labute approximate surface area is 187 Å². The van der Waals surface area contributed by atoms with Gasteiger partial charge in [0.05, 0.1) is 5.39 Å². The number of hydrogen-bond donors (Lipinski definition) is 0. The molecule has 31 heavy (non-hydrogen) atoms. The summed E-state index contributed by atoms with van der Waals surface area (Å²) in [6, 6.07) is 18.4. The van der Waals surface area contributed by atoms with Crippen LogP contribution in [-0.4, -0.2) is 12.6 Å². The van der Waals surface area contributed by atoms with E-state index in [0.717, 1.165) is 5.56 Å². The summed E-state index contributed by atoms with van der Waals surface area (Å²) in [7, 11) is 0. The summed E-state index contributed by atoms with van der Waals surface area (Å²) in [5, 5.41) is 1.39. The third-order valence-corrected chi connectivity index (χ3v) is 5.00. The van der Waals surface area contributed by atoms with Gasteiger partial charge >= 0.3 is 5.97 Å². The van der Waals surface area contributed by atoms with Crippen molar-refractivity contribution in [2.45, 2.75) is 6.92 Å². The number of benzene rings is 3. The highest BCUT2D eigenvalue weighted by Crippen LogP contribution is 2.32. The summed E-state index contributed by atoms with van der Waals surface area (Å²) >= 11 is 11.8. The van der Waals surface area contributed by atoms with Crippen LogP contribution in [0.3, 0.4) is 0 Å². The molecule has 0 saturated carbocycles. The molecule has 7 heteroatoms. The van der Waals surface area contributed by atoms with Crippen molar-refractivity contribution >= 4 is 40.1 Å². The highest BCUT2D eigenvalue weighted by atomic mass is 35.5. The van der Waals surface area contributed by atoms with Gasteiger partial charge in [0.15, 0.2) is 12.4 Å². The van der Waals surface area contributed by atoms with Crippen molar-refractivity contribution < 1.29 is 18.7 Å². The lowest BCUT2D eigenvalue weighted by molar-refractivity contribution is -0.136. The Kier molecular flexibility index (Phi) is 5.98. The monoisotopic (exact) mass is 454 g/mol. The molecule has 0 spiro atoms. The second kappa shape index (κ2) is 8.84.